The molecule has 29 heavy (non-hydrogen) atoms. The molecule has 4 rings (SSSR count). The zero-order valence-electron chi connectivity index (χ0n) is 15.5. The molecule has 1 atom stereocenters. The van der Waals surface area contributed by atoms with E-state index < -0.39 is 5.97 Å². The first kappa shape index (κ1) is 19.1. The third-order valence-electron chi connectivity index (χ3n) is 4.91. The minimum absolute atomic E-state index is 0.102. The van der Waals surface area contributed by atoms with Crippen LogP contribution in [0.5, 0.6) is 0 Å². The zero-order chi connectivity index (χ0) is 20.4. The molecule has 1 aliphatic heterocycles. The number of fused-ring (bicyclic) bond motifs is 1. The molecule has 0 saturated carbocycles. The van der Waals surface area contributed by atoms with Crippen molar-refractivity contribution in [2.24, 2.45) is 5.10 Å². The highest BCUT2D eigenvalue weighted by Gasteiger charge is 2.33. The number of benzene rings is 2. The second-order valence-electron chi connectivity index (χ2n) is 6.86. The van der Waals surface area contributed by atoms with Crippen LogP contribution in [0.1, 0.15) is 36.4 Å². The first-order valence-corrected chi connectivity index (χ1v) is 9.61. The summed E-state index contributed by atoms with van der Waals surface area (Å²) in [7, 11) is 0. The Hall–Kier alpha value is -3.25. The Bertz CT molecular complexity index is 1110. The van der Waals surface area contributed by atoms with Crippen molar-refractivity contribution in [3.8, 4) is 0 Å². The quantitative estimate of drug-likeness (QED) is 0.678. The molecule has 7 heteroatoms. The normalized spacial score (nSPS) is 16.1. The fourth-order valence-corrected chi connectivity index (χ4v) is 3.56. The van der Waals surface area contributed by atoms with Crippen LogP contribution in [-0.4, -0.2) is 32.7 Å². The van der Waals surface area contributed by atoms with Gasteiger partial charge in [-0.3, -0.25) is 14.6 Å². The van der Waals surface area contributed by atoms with Crippen LogP contribution in [0.4, 0.5) is 0 Å². The van der Waals surface area contributed by atoms with Gasteiger partial charge in [0.25, 0.3) is 0 Å². The Morgan fingerprint density at radius 3 is 2.66 bits per heavy atom. The summed E-state index contributed by atoms with van der Waals surface area (Å²) in [5, 5.41) is 16.5. The third kappa shape index (κ3) is 4.12. The van der Waals surface area contributed by atoms with E-state index in [1.807, 2.05) is 42.5 Å². The third-order valence-corrected chi connectivity index (χ3v) is 5.16. The van der Waals surface area contributed by atoms with Gasteiger partial charge in [0.2, 0.25) is 5.91 Å². The van der Waals surface area contributed by atoms with Gasteiger partial charge in [-0.2, -0.15) is 5.10 Å². The molecular weight excluding hydrogens is 390 g/mol. The van der Waals surface area contributed by atoms with E-state index in [0.717, 1.165) is 27.7 Å². The number of rotatable bonds is 5. The predicted molar refractivity (Wildman–Crippen MR) is 111 cm³/mol. The average Bonchev–Trinajstić information content (AvgIpc) is 3.17. The molecule has 1 aromatic heterocycles. The maximum Gasteiger partial charge on any atom is 0.303 e. The molecule has 2 aromatic carbocycles. The summed E-state index contributed by atoms with van der Waals surface area (Å²) in [5.41, 5.74) is 3.39. The van der Waals surface area contributed by atoms with E-state index in [1.54, 1.807) is 18.3 Å². The van der Waals surface area contributed by atoms with E-state index in [2.05, 4.69) is 10.1 Å². The molecule has 146 valence electrons. The van der Waals surface area contributed by atoms with Gasteiger partial charge in [0.05, 0.1) is 23.7 Å². The predicted octanol–water partition coefficient (Wildman–Crippen LogP) is 4.43. The smallest absolute Gasteiger partial charge is 0.303 e. The molecule has 1 amide bonds. The molecular formula is C22H18ClN3O3. The summed E-state index contributed by atoms with van der Waals surface area (Å²) in [4.78, 5) is 28.1. The van der Waals surface area contributed by atoms with Crippen molar-refractivity contribution in [1.82, 2.24) is 9.99 Å². The number of nitrogens with zero attached hydrogens (tertiary/aromatic N) is 3. The van der Waals surface area contributed by atoms with Crippen LogP contribution in [0, 0.1) is 0 Å². The Kier molecular flexibility index (Phi) is 5.27. The van der Waals surface area contributed by atoms with Crippen LogP contribution >= 0.6 is 11.6 Å². The number of carboxylic acids is 1. The van der Waals surface area contributed by atoms with Gasteiger partial charge < -0.3 is 5.11 Å². The number of aliphatic carboxylic acids is 1. The lowest BCUT2D eigenvalue weighted by Crippen LogP contribution is -2.27. The first-order valence-electron chi connectivity index (χ1n) is 9.23. The van der Waals surface area contributed by atoms with E-state index in [1.165, 1.54) is 5.01 Å². The summed E-state index contributed by atoms with van der Waals surface area (Å²) in [6.07, 6.45) is 1.92. The van der Waals surface area contributed by atoms with Gasteiger partial charge in [-0.1, -0.05) is 41.9 Å². The van der Waals surface area contributed by atoms with E-state index in [4.69, 9.17) is 16.7 Å². The van der Waals surface area contributed by atoms with Gasteiger partial charge in [0.15, 0.2) is 0 Å². The molecule has 0 spiro atoms. The molecule has 0 bridgehead atoms. The van der Waals surface area contributed by atoms with Crippen LogP contribution in [-0.2, 0) is 9.59 Å². The van der Waals surface area contributed by atoms with Gasteiger partial charge in [-0.25, -0.2) is 5.01 Å². The number of aromatic nitrogens is 1. The maximum absolute atomic E-state index is 12.7. The molecule has 2 heterocycles. The first-order chi connectivity index (χ1) is 14.0. The summed E-state index contributed by atoms with van der Waals surface area (Å²) >= 11 is 5.98. The van der Waals surface area contributed by atoms with Crippen molar-refractivity contribution >= 4 is 40.1 Å². The van der Waals surface area contributed by atoms with E-state index in [-0.39, 0.29) is 24.8 Å². The second kappa shape index (κ2) is 8.01. The van der Waals surface area contributed by atoms with Crippen LogP contribution < -0.4 is 0 Å². The number of hydrogen-bond acceptors (Lipinski definition) is 4. The summed E-state index contributed by atoms with van der Waals surface area (Å²) in [6, 6.07) is 16.7. The van der Waals surface area contributed by atoms with Gasteiger partial charge in [0, 0.05) is 29.4 Å². The van der Waals surface area contributed by atoms with E-state index in [9.17, 15) is 9.59 Å². The zero-order valence-corrected chi connectivity index (χ0v) is 16.2. The topological polar surface area (TPSA) is 82.9 Å². The monoisotopic (exact) mass is 407 g/mol. The number of carboxylic acid groups (broad SMARTS) is 1. The number of hydrazone groups is 1. The molecule has 6 nitrogen and oxygen atoms in total. The highest BCUT2D eigenvalue weighted by molar-refractivity contribution is 6.30. The molecule has 0 aliphatic carbocycles. The molecule has 0 radical (unpaired) electrons. The minimum atomic E-state index is -1.01. The summed E-state index contributed by atoms with van der Waals surface area (Å²) in [5.74, 6) is -1.33. The molecule has 0 fully saturated rings. The van der Waals surface area contributed by atoms with E-state index >= 15 is 0 Å². The van der Waals surface area contributed by atoms with Crippen LogP contribution in [0.2, 0.25) is 5.02 Å². The number of pyridine rings is 1. The largest absolute Gasteiger partial charge is 0.481 e. The Balaban J connectivity index is 1.68. The minimum Gasteiger partial charge on any atom is -0.481 e. The van der Waals surface area contributed by atoms with Crippen molar-refractivity contribution in [2.45, 2.75) is 25.3 Å². The van der Waals surface area contributed by atoms with Crippen LogP contribution in [0.15, 0.2) is 65.9 Å². The molecule has 3 aromatic rings. The number of halogens is 1. The fraction of sp³-hybridized carbons (Fsp3) is 0.182. The van der Waals surface area contributed by atoms with Gasteiger partial charge in [-0.05, 0) is 35.4 Å². The van der Waals surface area contributed by atoms with Crippen LogP contribution in [0.3, 0.4) is 0 Å². The highest BCUT2D eigenvalue weighted by Crippen LogP contribution is 2.34. The summed E-state index contributed by atoms with van der Waals surface area (Å²) < 4.78 is 0. The van der Waals surface area contributed by atoms with Gasteiger partial charge in [0.1, 0.15) is 0 Å². The van der Waals surface area contributed by atoms with Crippen molar-refractivity contribution in [1.29, 1.82) is 0 Å². The maximum atomic E-state index is 12.7. The highest BCUT2D eigenvalue weighted by atomic mass is 35.5. The number of hydrogen-bond donors (Lipinski definition) is 1. The van der Waals surface area contributed by atoms with Crippen molar-refractivity contribution in [3.05, 3.63) is 76.9 Å². The lowest BCUT2D eigenvalue weighted by molar-refractivity contribution is -0.141. The van der Waals surface area contributed by atoms with Crippen molar-refractivity contribution < 1.29 is 14.7 Å². The van der Waals surface area contributed by atoms with Crippen molar-refractivity contribution in [3.63, 3.8) is 0 Å². The van der Waals surface area contributed by atoms with Crippen LogP contribution in [0.25, 0.3) is 10.9 Å². The van der Waals surface area contributed by atoms with Gasteiger partial charge >= 0.3 is 5.97 Å². The summed E-state index contributed by atoms with van der Waals surface area (Å²) in [6.45, 7) is 0. The fourth-order valence-electron chi connectivity index (χ4n) is 3.44. The van der Waals surface area contributed by atoms with Gasteiger partial charge in [-0.15, -0.1) is 0 Å². The Morgan fingerprint density at radius 2 is 1.90 bits per heavy atom. The molecule has 1 unspecified atom stereocenters. The Morgan fingerprint density at radius 1 is 1.10 bits per heavy atom. The average molecular weight is 408 g/mol. The molecule has 1 N–H and O–H groups in total. The number of carbonyl (C=O) groups excluding carboxylic acids is 1. The number of amides is 1. The SMILES string of the molecule is O=C(O)CCC(=O)N1N=C(c2ccc(Cl)cc2)CC1c1ccc2cccnc2c1. The lowest BCUT2D eigenvalue weighted by atomic mass is 9.97. The Labute approximate surface area is 172 Å². The standard InChI is InChI=1S/C22H18ClN3O3/c23-17-7-5-15(6-8-17)19-13-20(26(25-19)21(27)9-10-22(28)29)16-4-3-14-2-1-11-24-18(14)12-16/h1-8,11-12,20H,9-10,13H2,(H,28,29). The van der Waals surface area contributed by atoms with Crippen molar-refractivity contribution in [2.75, 3.05) is 0 Å². The molecule has 1 aliphatic rings. The van der Waals surface area contributed by atoms with E-state index in [0.29, 0.717) is 11.4 Å². The lowest BCUT2D eigenvalue weighted by Gasteiger charge is -2.22. The molecule has 0 saturated heterocycles. The number of carbonyl (C=O) groups is 2. The second-order valence-corrected chi connectivity index (χ2v) is 7.30.